The van der Waals surface area contributed by atoms with Gasteiger partial charge in [0.1, 0.15) is 17.6 Å². The van der Waals surface area contributed by atoms with Crippen molar-refractivity contribution < 1.29 is 18.0 Å². The van der Waals surface area contributed by atoms with Crippen LogP contribution in [0.2, 0.25) is 5.02 Å². The number of nitrogens with zero attached hydrogens (tertiary/aromatic N) is 1. The van der Waals surface area contributed by atoms with Crippen LogP contribution < -0.4 is 0 Å². The summed E-state index contributed by atoms with van der Waals surface area (Å²) in [5, 5.41) is 8.81. The van der Waals surface area contributed by atoms with Crippen LogP contribution in [-0.4, -0.2) is 5.78 Å². The number of carbonyl (C=O) groups excluding carboxylic acids is 1. The number of nitriles is 1. The molecule has 0 aromatic heterocycles. The molecule has 0 spiro atoms. The van der Waals surface area contributed by atoms with Crippen LogP contribution in [0.1, 0.15) is 21.8 Å². The van der Waals surface area contributed by atoms with E-state index < -0.39 is 34.7 Å². The summed E-state index contributed by atoms with van der Waals surface area (Å²) in [6, 6.07) is 7.71. The van der Waals surface area contributed by atoms with Gasteiger partial charge in [-0.2, -0.15) is 5.26 Å². The number of hydrogen-bond donors (Lipinski definition) is 0. The topological polar surface area (TPSA) is 40.9 Å². The molecule has 0 aliphatic rings. The minimum Gasteiger partial charge on any atom is -0.292 e. The van der Waals surface area contributed by atoms with Crippen LogP contribution >= 0.6 is 11.6 Å². The molecule has 6 heteroatoms. The van der Waals surface area contributed by atoms with Crippen LogP contribution in [0, 0.1) is 28.8 Å². The zero-order valence-corrected chi connectivity index (χ0v) is 11.2. The van der Waals surface area contributed by atoms with Gasteiger partial charge in [-0.05, 0) is 29.8 Å². The molecule has 2 aromatic carbocycles. The van der Waals surface area contributed by atoms with Crippen molar-refractivity contribution in [3.05, 3.63) is 70.0 Å². The molecule has 0 aliphatic heterocycles. The van der Waals surface area contributed by atoms with E-state index in [9.17, 15) is 18.0 Å². The van der Waals surface area contributed by atoms with Crippen LogP contribution in [0.15, 0.2) is 36.4 Å². The number of benzene rings is 2. The highest BCUT2D eigenvalue weighted by Crippen LogP contribution is 2.26. The molecule has 0 saturated heterocycles. The molecule has 0 amide bonds. The monoisotopic (exact) mass is 309 g/mol. The van der Waals surface area contributed by atoms with E-state index in [-0.39, 0.29) is 10.6 Å². The molecule has 1 unspecified atom stereocenters. The maximum Gasteiger partial charge on any atom is 0.187 e. The summed E-state index contributed by atoms with van der Waals surface area (Å²) in [6.45, 7) is 0. The lowest BCUT2D eigenvalue weighted by molar-refractivity contribution is 0.0975. The SMILES string of the molecule is N#CC(C(=O)c1cccc(Cl)c1F)c1cc(F)cc(F)c1. The molecule has 106 valence electrons. The predicted octanol–water partition coefficient (Wildman–Crippen LogP) is 4.25. The van der Waals surface area contributed by atoms with E-state index in [4.69, 9.17) is 16.9 Å². The molecular weight excluding hydrogens is 303 g/mol. The third-order valence-electron chi connectivity index (χ3n) is 2.83. The molecule has 0 aliphatic carbocycles. The molecule has 0 fully saturated rings. The van der Waals surface area contributed by atoms with Crippen LogP contribution in [0.4, 0.5) is 13.2 Å². The van der Waals surface area contributed by atoms with Crippen LogP contribution in [0.25, 0.3) is 0 Å². The van der Waals surface area contributed by atoms with E-state index in [1.807, 2.05) is 0 Å². The van der Waals surface area contributed by atoms with Gasteiger partial charge in [-0.25, -0.2) is 13.2 Å². The fourth-order valence-electron chi connectivity index (χ4n) is 1.88. The number of Topliss-reactive ketones (excluding diaryl/α,β-unsaturated/α-hetero) is 1. The first-order valence-corrected chi connectivity index (χ1v) is 6.15. The third kappa shape index (κ3) is 3.06. The van der Waals surface area contributed by atoms with Crippen LogP contribution in [0.3, 0.4) is 0 Å². The van der Waals surface area contributed by atoms with Gasteiger partial charge < -0.3 is 0 Å². The fraction of sp³-hybridized carbons (Fsp3) is 0.0667. The van der Waals surface area contributed by atoms with E-state index >= 15 is 0 Å². The van der Waals surface area contributed by atoms with E-state index in [2.05, 4.69) is 0 Å². The Kier molecular flexibility index (Phi) is 4.29. The fourth-order valence-corrected chi connectivity index (χ4v) is 2.05. The predicted molar refractivity (Wildman–Crippen MR) is 70.5 cm³/mol. The molecule has 1 atom stereocenters. The van der Waals surface area contributed by atoms with Crippen molar-refractivity contribution in [3.63, 3.8) is 0 Å². The molecule has 21 heavy (non-hydrogen) atoms. The van der Waals surface area contributed by atoms with Crippen LogP contribution in [0.5, 0.6) is 0 Å². The van der Waals surface area contributed by atoms with E-state index in [0.717, 1.165) is 18.2 Å². The average molecular weight is 310 g/mol. The Labute approximate surface area is 123 Å². The van der Waals surface area contributed by atoms with Gasteiger partial charge in [0.25, 0.3) is 0 Å². The second kappa shape index (κ2) is 5.98. The van der Waals surface area contributed by atoms with Crippen molar-refractivity contribution in [1.82, 2.24) is 0 Å². The van der Waals surface area contributed by atoms with Gasteiger partial charge in [0, 0.05) is 6.07 Å². The van der Waals surface area contributed by atoms with Gasteiger partial charge >= 0.3 is 0 Å². The smallest absolute Gasteiger partial charge is 0.187 e. The molecule has 0 bridgehead atoms. The highest BCUT2D eigenvalue weighted by Gasteiger charge is 2.26. The molecule has 2 rings (SSSR count). The maximum atomic E-state index is 13.8. The zero-order valence-electron chi connectivity index (χ0n) is 10.4. The molecule has 0 N–H and O–H groups in total. The summed E-state index contributed by atoms with van der Waals surface area (Å²) in [5.41, 5.74) is -0.585. The first-order valence-electron chi connectivity index (χ1n) is 5.78. The Balaban J connectivity index is 2.49. The highest BCUT2D eigenvalue weighted by atomic mass is 35.5. The number of carbonyl (C=O) groups is 1. The Morgan fingerprint density at radius 3 is 2.33 bits per heavy atom. The lowest BCUT2D eigenvalue weighted by Gasteiger charge is -2.10. The van der Waals surface area contributed by atoms with Gasteiger partial charge in [0.15, 0.2) is 11.6 Å². The third-order valence-corrected chi connectivity index (χ3v) is 3.12. The second-order valence-corrected chi connectivity index (χ2v) is 4.64. The van der Waals surface area contributed by atoms with Gasteiger partial charge in [0.2, 0.25) is 0 Å². The van der Waals surface area contributed by atoms with Gasteiger partial charge in [-0.1, -0.05) is 17.7 Å². The van der Waals surface area contributed by atoms with Crippen LogP contribution in [-0.2, 0) is 0 Å². The minimum absolute atomic E-state index is 0.181. The standard InChI is InChI=1S/C15H7ClF3NO/c16-13-3-1-2-11(14(13)19)15(21)12(7-20)8-4-9(17)6-10(18)5-8/h1-6,12H. The first-order chi connectivity index (χ1) is 9.93. The second-order valence-electron chi connectivity index (χ2n) is 4.23. The quantitative estimate of drug-likeness (QED) is 0.795. The van der Waals surface area contributed by atoms with E-state index in [1.54, 1.807) is 6.07 Å². The average Bonchev–Trinajstić information content (AvgIpc) is 2.41. The molecule has 2 aromatic rings. The lowest BCUT2D eigenvalue weighted by atomic mass is 9.91. The van der Waals surface area contributed by atoms with Gasteiger partial charge in [0.05, 0.1) is 16.7 Å². The van der Waals surface area contributed by atoms with Crippen molar-refractivity contribution in [1.29, 1.82) is 5.26 Å². The summed E-state index contributed by atoms with van der Waals surface area (Å²) >= 11 is 5.57. The summed E-state index contributed by atoms with van der Waals surface area (Å²) < 4.78 is 40.2. The van der Waals surface area contributed by atoms with Crippen molar-refractivity contribution in [2.24, 2.45) is 0 Å². The Bertz CT molecular complexity index is 735. The zero-order chi connectivity index (χ0) is 15.6. The Hall–Kier alpha value is -2.32. The number of hydrogen-bond acceptors (Lipinski definition) is 2. The summed E-state index contributed by atoms with van der Waals surface area (Å²) in [7, 11) is 0. The summed E-state index contributed by atoms with van der Waals surface area (Å²) in [5.74, 6) is -5.26. The largest absolute Gasteiger partial charge is 0.292 e. The lowest BCUT2D eigenvalue weighted by Crippen LogP contribution is -2.13. The van der Waals surface area contributed by atoms with E-state index in [0.29, 0.717) is 6.07 Å². The molecule has 0 radical (unpaired) electrons. The molecule has 0 saturated carbocycles. The van der Waals surface area contributed by atoms with E-state index in [1.165, 1.54) is 12.1 Å². The first kappa shape index (κ1) is 15.1. The van der Waals surface area contributed by atoms with Crippen molar-refractivity contribution in [2.75, 3.05) is 0 Å². The normalized spacial score (nSPS) is 11.8. The van der Waals surface area contributed by atoms with Crippen molar-refractivity contribution in [2.45, 2.75) is 5.92 Å². The maximum absolute atomic E-state index is 13.8. The Morgan fingerprint density at radius 2 is 1.76 bits per heavy atom. The number of halogens is 4. The summed E-state index contributed by atoms with van der Waals surface area (Å²) in [4.78, 5) is 12.2. The van der Waals surface area contributed by atoms with Crippen molar-refractivity contribution >= 4 is 17.4 Å². The molecular formula is C15H7ClF3NO. The summed E-state index contributed by atoms with van der Waals surface area (Å²) in [6.07, 6.45) is 0. The number of ketones is 1. The highest BCUT2D eigenvalue weighted by molar-refractivity contribution is 6.31. The van der Waals surface area contributed by atoms with Gasteiger partial charge in [-0.15, -0.1) is 0 Å². The molecule has 2 nitrogen and oxygen atoms in total. The minimum atomic E-state index is -1.52. The van der Waals surface area contributed by atoms with Crippen molar-refractivity contribution in [3.8, 4) is 6.07 Å². The van der Waals surface area contributed by atoms with Gasteiger partial charge in [-0.3, -0.25) is 4.79 Å². The number of rotatable bonds is 3. The Morgan fingerprint density at radius 1 is 1.14 bits per heavy atom. The molecule has 0 heterocycles.